The summed E-state index contributed by atoms with van der Waals surface area (Å²) in [7, 11) is 0. The number of rotatable bonds is 5. The molecule has 0 aliphatic carbocycles. The number of aryl methyl sites for hydroxylation is 1. The van der Waals surface area contributed by atoms with Crippen molar-refractivity contribution in [3.63, 3.8) is 0 Å². The fraction of sp³-hybridized carbons (Fsp3) is 0.0741. The molecule has 5 rings (SSSR count). The van der Waals surface area contributed by atoms with Crippen LogP contribution in [0.4, 0.5) is 0 Å². The van der Waals surface area contributed by atoms with E-state index in [9.17, 15) is 4.79 Å². The molecule has 0 radical (unpaired) electrons. The number of ether oxygens (including phenoxy) is 1. The molecule has 5 nitrogen and oxygen atoms in total. The Morgan fingerprint density at radius 3 is 2.71 bits per heavy atom. The van der Waals surface area contributed by atoms with Gasteiger partial charge in [-0.1, -0.05) is 58.4 Å². The highest BCUT2D eigenvalue weighted by Crippen LogP contribution is 2.25. The Bertz CT molecular complexity index is 1620. The first-order chi connectivity index (χ1) is 16.5. The minimum absolute atomic E-state index is 0.204. The Balaban J connectivity index is 1.37. The monoisotopic (exact) mass is 623 g/mol. The predicted octanol–water partition coefficient (Wildman–Crippen LogP) is 6.69. The van der Waals surface area contributed by atoms with Gasteiger partial charge in [-0.15, -0.1) is 0 Å². The molecule has 0 N–H and O–H groups in total. The van der Waals surface area contributed by atoms with E-state index in [1.165, 1.54) is 15.4 Å². The van der Waals surface area contributed by atoms with Crippen LogP contribution < -0.4 is 10.3 Å². The lowest BCUT2D eigenvalue weighted by atomic mass is 10.1. The van der Waals surface area contributed by atoms with Gasteiger partial charge >= 0.3 is 0 Å². The van der Waals surface area contributed by atoms with Gasteiger partial charge in [0.1, 0.15) is 18.2 Å². The molecular formula is C27H19BrIN3O2. The van der Waals surface area contributed by atoms with E-state index >= 15 is 0 Å². The summed E-state index contributed by atoms with van der Waals surface area (Å²) in [6.07, 6.45) is 1.66. The average Bonchev–Trinajstić information content (AvgIpc) is 2.84. The number of hydrogen-bond acceptors (Lipinski definition) is 4. The molecule has 0 aliphatic rings. The lowest BCUT2D eigenvalue weighted by molar-refractivity contribution is 0.305. The lowest BCUT2D eigenvalue weighted by Gasteiger charge is -2.11. The average molecular weight is 624 g/mol. The summed E-state index contributed by atoms with van der Waals surface area (Å²) in [5.41, 5.74) is 2.46. The van der Waals surface area contributed by atoms with Crippen molar-refractivity contribution in [3.05, 3.63) is 114 Å². The molecule has 1 aromatic heterocycles. The van der Waals surface area contributed by atoms with Crippen LogP contribution in [0.3, 0.4) is 0 Å². The van der Waals surface area contributed by atoms with Crippen molar-refractivity contribution in [3.8, 4) is 5.75 Å². The lowest BCUT2D eigenvalue weighted by Crippen LogP contribution is -2.20. The van der Waals surface area contributed by atoms with Gasteiger partial charge in [-0.2, -0.15) is 9.78 Å². The van der Waals surface area contributed by atoms with Crippen molar-refractivity contribution in [2.75, 3.05) is 0 Å². The Labute approximate surface area is 218 Å². The predicted molar refractivity (Wildman–Crippen MR) is 149 cm³/mol. The molecule has 0 fully saturated rings. The first-order valence-corrected chi connectivity index (χ1v) is 12.5. The van der Waals surface area contributed by atoms with Crippen LogP contribution in [0.25, 0.3) is 21.7 Å². The van der Waals surface area contributed by atoms with E-state index in [0.29, 0.717) is 23.3 Å². The van der Waals surface area contributed by atoms with E-state index in [-0.39, 0.29) is 5.56 Å². The normalized spacial score (nSPS) is 11.5. The zero-order valence-corrected chi connectivity index (χ0v) is 21.9. The van der Waals surface area contributed by atoms with E-state index in [2.05, 4.69) is 78.9 Å². The molecule has 1 heterocycles. The summed E-state index contributed by atoms with van der Waals surface area (Å²) in [6, 6.07) is 25.8. The van der Waals surface area contributed by atoms with Crippen LogP contribution in [0.5, 0.6) is 5.75 Å². The third-order valence-corrected chi connectivity index (χ3v) is 6.85. The number of aromatic nitrogens is 2. The highest BCUT2D eigenvalue weighted by atomic mass is 127. The van der Waals surface area contributed by atoms with Crippen LogP contribution in [0.15, 0.2) is 93.2 Å². The largest absolute Gasteiger partial charge is 0.488 e. The summed E-state index contributed by atoms with van der Waals surface area (Å²) in [6.45, 7) is 2.26. The molecule has 0 saturated heterocycles. The van der Waals surface area contributed by atoms with Crippen molar-refractivity contribution in [1.29, 1.82) is 0 Å². The number of nitrogens with zero attached hydrogens (tertiary/aromatic N) is 3. The van der Waals surface area contributed by atoms with Gasteiger partial charge in [0.05, 0.1) is 20.7 Å². The molecule has 0 bridgehead atoms. The number of halogens is 2. The first-order valence-electron chi connectivity index (χ1n) is 10.6. The molecule has 0 saturated carbocycles. The molecule has 0 aliphatic heterocycles. The highest BCUT2D eigenvalue weighted by molar-refractivity contribution is 14.1. The summed E-state index contributed by atoms with van der Waals surface area (Å²) < 4.78 is 9.24. The molecule has 168 valence electrons. The molecule has 34 heavy (non-hydrogen) atoms. The Hall–Kier alpha value is -3.04. The zero-order chi connectivity index (χ0) is 23.7. The Morgan fingerprint density at radius 2 is 1.85 bits per heavy atom. The van der Waals surface area contributed by atoms with Crippen LogP contribution in [0, 0.1) is 10.5 Å². The molecule has 0 atom stereocenters. The van der Waals surface area contributed by atoms with Crippen LogP contribution >= 0.6 is 38.5 Å². The molecule has 7 heteroatoms. The van der Waals surface area contributed by atoms with Gasteiger partial charge in [-0.3, -0.25) is 4.79 Å². The van der Waals surface area contributed by atoms with E-state index in [4.69, 9.17) is 4.74 Å². The quantitative estimate of drug-likeness (QED) is 0.162. The van der Waals surface area contributed by atoms with Crippen LogP contribution in [-0.4, -0.2) is 15.9 Å². The van der Waals surface area contributed by atoms with Crippen molar-refractivity contribution in [1.82, 2.24) is 9.66 Å². The number of fused-ring (bicyclic) bond motifs is 2. The van der Waals surface area contributed by atoms with E-state index in [0.717, 1.165) is 24.9 Å². The summed E-state index contributed by atoms with van der Waals surface area (Å²) in [5, 5.41) is 7.32. The third-order valence-electron chi connectivity index (χ3n) is 5.51. The standard InChI is InChI=1S/C27H19BrIN3O2/c1-17-31-25-11-10-21(28)14-23(25)27(33)32(17)30-15-18-9-12-26(24(29)13-18)34-16-20-7-4-6-19-5-2-3-8-22(19)20/h2-15H,16H2,1H3. The minimum atomic E-state index is -0.204. The molecule has 0 unspecified atom stereocenters. The maximum Gasteiger partial charge on any atom is 0.282 e. The van der Waals surface area contributed by atoms with E-state index < -0.39 is 0 Å². The molecule has 0 spiro atoms. The van der Waals surface area contributed by atoms with Crippen molar-refractivity contribution >= 4 is 66.4 Å². The van der Waals surface area contributed by atoms with Crippen molar-refractivity contribution in [2.24, 2.45) is 5.10 Å². The topological polar surface area (TPSA) is 56.5 Å². The van der Waals surface area contributed by atoms with Crippen LogP contribution in [0.1, 0.15) is 17.0 Å². The van der Waals surface area contributed by atoms with Crippen molar-refractivity contribution < 1.29 is 4.74 Å². The maximum absolute atomic E-state index is 12.9. The number of benzene rings is 4. The third kappa shape index (κ3) is 4.63. The molecule has 5 aromatic rings. The zero-order valence-electron chi connectivity index (χ0n) is 18.2. The van der Waals surface area contributed by atoms with Crippen LogP contribution in [-0.2, 0) is 6.61 Å². The van der Waals surface area contributed by atoms with E-state index in [1.54, 1.807) is 19.2 Å². The fourth-order valence-electron chi connectivity index (χ4n) is 3.81. The second-order valence-corrected chi connectivity index (χ2v) is 9.88. The summed E-state index contributed by atoms with van der Waals surface area (Å²) in [5.74, 6) is 1.33. The highest BCUT2D eigenvalue weighted by Gasteiger charge is 2.09. The van der Waals surface area contributed by atoms with E-state index in [1.807, 2.05) is 42.5 Å². The molecule has 4 aromatic carbocycles. The SMILES string of the molecule is Cc1nc2ccc(Br)cc2c(=O)n1N=Cc1ccc(OCc2cccc3ccccc23)c(I)c1. The second kappa shape index (κ2) is 9.68. The van der Waals surface area contributed by atoms with Gasteiger partial charge < -0.3 is 4.74 Å². The van der Waals surface area contributed by atoms with Crippen molar-refractivity contribution in [2.45, 2.75) is 13.5 Å². The van der Waals surface area contributed by atoms with Gasteiger partial charge in [-0.25, -0.2) is 4.98 Å². The molecular weight excluding hydrogens is 605 g/mol. The first kappa shape index (κ1) is 22.7. The van der Waals surface area contributed by atoms with Gasteiger partial charge in [-0.05, 0) is 87.8 Å². The smallest absolute Gasteiger partial charge is 0.282 e. The maximum atomic E-state index is 12.9. The summed E-state index contributed by atoms with van der Waals surface area (Å²) >= 11 is 5.67. The summed E-state index contributed by atoms with van der Waals surface area (Å²) in [4.78, 5) is 17.4. The van der Waals surface area contributed by atoms with Gasteiger partial charge in [0.2, 0.25) is 0 Å². The minimum Gasteiger partial charge on any atom is -0.488 e. The second-order valence-electron chi connectivity index (χ2n) is 7.80. The Morgan fingerprint density at radius 1 is 1.03 bits per heavy atom. The molecule has 0 amide bonds. The van der Waals surface area contributed by atoms with Gasteiger partial charge in [0.15, 0.2) is 0 Å². The van der Waals surface area contributed by atoms with Gasteiger partial charge in [0.25, 0.3) is 5.56 Å². The van der Waals surface area contributed by atoms with Gasteiger partial charge in [0, 0.05) is 4.47 Å². The fourth-order valence-corrected chi connectivity index (χ4v) is 4.86. The Kier molecular flexibility index (Phi) is 6.47. The van der Waals surface area contributed by atoms with Crippen LogP contribution in [0.2, 0.25) is 0 Å². The number of hydrogen-bond donors (Lipinski definition) is 0.